The summed E-state index contributed by atoms with van der Waals surface area (Å²) in [5, 5.41) is 0. The number of carbonyl (C=O) groups is 1. The van der Waals surface area contributed by atoms with E-state index >= 15 is 0 Å². The minimum atomic E-state index is -0.217. The molecule has 0 N–H and O–H groups in total. The van der Waals surface area contributed by atoms with Crippen molar-refractivity contribution in [3.8, 4) is 0 Å². The molecule has 1 heterocycles. The quantitative estimate of drug-likeness (QED) is 0.495. The number of ether oxygens (including phenoxy) is 1. The van der Waals surface area contributed by atoms with Crippen LogP contribution in [0, 0.1) is 6.92 Å². The average molecular weight is 393 g/mol. The van der Waals surface area contributed by atoms with Crippen molar-refractivity contribution in [3.63, 3.8) is 0 Å². The molecule has 0 saturated heterocycles. The third kappa shape index (κ3) is 3.26. The SMILES string of the molecule is Cc1cccc(C([Se]c2ccccc2)C2OC(=O)c3ccccc32)c1. The zero-order valence-electron chi connectivity index (χ0n) is 13.9. The standard InChI is InChI=1S/C22H18O2Se/c1-15-8-7-9-16(14-15)21(25-17-10-3-2-4-11-17)20-18-12-5-6-13-19(18)22(23)24-20/h2-14,20-21H,1H3. The molecule has 3 aromatic rings. The number of hydrogen-bond donors (Lipinski definition) is 0. The molecule has 2 atom stereocenters. The summed E-state index contributed by atoms with van der Waals surface area (Å²) in [5.74, 6) is -0.206. The second-order valence-electron chi connectivity index (χ2n) is 6.18. The maximum atomic E-state index is 12.3. The zero-order chi connectivity index (χ0) is 17.2. The van der Waals surface area contributed by atoms with Crippen LogP contribution in [0.1, 0.15) is 38.0 Å². The molecule has 1 aliphatic rings. The van der Waals surface area contributed by atoms with E-state index < -0.39 is 0 Å². The first-order valence-corrected chi connectivity index (χ1v) is 10.1. The van der Waals surface area contributed by atoms with Crippen LogP contribution in [0.4, 0.5) is 0 Å². The molecule has 25 heavy (non-hydrogen) atoms. The van der Waals surface area contributed by atoms with Crippen molar-refractivity contribution in [1.29, 1.82) is 0 Å². The molecule has 2 unspecified atom stereocenters. The molecule has 0 fully saturated rings. The van der Waals surface area contributed by atoms with E-state index in [0.717, 1.165) is 5.56 Å². The summed E-state index contributed by atoms with van der Waals surface area (Å²) in [4.78, 5) is 12.5. The molecule has 0 amide bonds. The Bertz CT molecular complexity index is 905. The Balaban J connectivity index is 1.77. The molecule has 3 aromatic carbocycles. The van der Waals surface area contributed by atoms with Gasteiger partial charge in [0.25, 0.3) is 0 Å². The summed E-state index contributed by atoms with van der Waals surface area (Å²) < 4.78 is 7.14. The van der Waals surface area contributed by atoms with Crippen LogP contribution in [0.25, 0.3) is 0 Å². The van der Waals surface area contributed by atoms with Crippen molar-refractivity contribution >= 4 is 25.4 Å². The Morgan fingerprint density at radius 1 is 0.920 bits per heavy atom. The van der Waals surface area contributed by atoms with Gasteiger partial charge in [0.2, 0.25) is 0 Å². The normalized spacial score (nSPS) is 17.0. The first kappa shape index (κ1) is 16.1. The van der Waals surface area contributed by atoms with E-state index in [0.29, 0.717) is 5.56 Å². The van der Waals surface area contributed by atoms with Gasteiger partial charge in [-0.05, 0) is 0 Å². The molecule has 0 aromatic heterocycles. The van der Waals surface area contributed by atoms with E-state index in [2.05, 4.69) is 55.5 Å². The second kappa shape index (κ2) is 6.87. The summed E-state index contributed by atoms with van der Waals surface area (Å²) in [6.07, 6.45) is -0.217. The van der Waals surface area contributed by atoms with E-state index in [1.165, 1.54) is 15.6 Å². The molecule has 0 bridgehead atoms. The maximum absolute atomic E-state index is 12.3. The van der Waals surface area contributed by atoms with Crippen LogP contribution in [-0.4, -0.2) is 20.9 Å². The van der Waals surface area contributed by atoms with Gasteiger partial charge in [0.05, 0.1) is 0 Å². The third-order valence-electron chi connectivity index (χ3n) is 4.37. The van der Waals surface area contributed by atoms with Crippen LogP contribution in [-0.2, 0) is 4.74 Å². The Hall–Kier alpha value is -2.35. The Morgan fingerprint density at radius 3 is 2.48 bits per heavy atom. The summed E-state index contributed by atoms with van der Waals surface area (Å²) in [6.45, 7) is 2.10. The molecular formula is C22H18O2Se. The van der Waals surface area contributed by atoms with Crippen LogP contribution in [0.3, 0.4) is 0 Å². The number of aryl methyl sites for hydroxylation is 1. The molecular weight excluding hydrogens is 375 g/mol. The van der Waals surface area contributed by atoms with Crippen molar-refractivity contribution < 1.29 is 9.53 Å². The summed E-state index contributed by atoms with van der Waals surface area (Å²) >= 11 is 0.150. The number of hydrogen-bond acceptors (Lipinski definition) is 2. The fourth-order valence-electron chi connectivity index (χ4n) is 3.20. The number of esters is 1. The van der Waals surface area contributed by atoms with Gasteiger partial charge in [0, 0.05) is 0 Å². The molecule has 0 radical (unpaired) electrons. The van der Waals surface area contributed by atoms with Crippen LogP contribution in [0.5, 0.6) is 0 Å². The van der Waals surface area contributed by atoms with Crippen molar-refractivity contribution in [3.05, 3.63) is 101 Å². The van der Waals surface area contributed by atoms with Gasteiger partial charge < -0.3 is 0 Å². The third-order valence-corrected chi connectivity index (χ3v) is 7.14. The average Bonchev–Trinajstić information content (AvgIpc) is 2.98. The van der Waals surface area contributed by atoms with Crippen molar-refractivity contribution in [1.82, 2.24) is 0 Å². The Kier molecular flexibility index (Phi) is 4.44. The van der Waals surface area contributed by atoms with Crippen LogP contribution in [0.15, 0.2) is 78.9 Å². The first-order valence-electron chi connectivity index (χ1n) is 8.30. The summed E-state index contributed by atoms with van der Waals surface area (Å²) in [7, 11) is 0. The molecule has 0 saturated carbocycles. The second-order valence-corrected chi connectivity index (χ2v) is 8.73. The number of carbonyl (C=O) groups excluding carboxylic acids is 1. The van der Waals surface area contributed by atoms with Gasteiger partial charge in [0.1, 0.15) is 0 Å². The number of cyclic esters (lactones) is 1. The van der Waals surface area contributed by atoms with Gasteiger partial charge in [-0.2, -0.15) is 0 Å². The zero-order valence-corrected chi connectivity index (χ0v) is 15.6. The molecule has 1 aliphatic heterocycles. The molecule has 3 heteroatoms. The van der Waals surface area contributed by atoms with Gasteiger partial charge in [-0.1, -0.05) is 0 Å². The molecule has 4 rings (SSSR count). The molecule has 0 aliphatic carbocycles. The fourth-order valence-corrected chi connectivity index (χ4v) is 5.75. The van der Waals surface area contributed by atoms with Crippen LogP contribution < -0.4 is 4.46 Å². The molecule has 124 valence electrons. The molecule has 0 spiro atoms. The van der Waals surface area contributed by atoms with E-state index in [9.17, 15) is 4.79 Å². The van der Waals surface area contributed by atoms with Gasteiger partial charge in [-0.15, -0.1) is 0 Å². The van der Waals surface area contributed by atoms with Gasteiger partial charge >= 0.3 is 154 Å². The van der Waals surface area contributed by atoms with Gasteiger partial charge in [0.15, 0.2) is 0 Å². The fraction of sp³-hybridized carbons (Fsp3) is 0.136. The van der Waals surface area contributed by atoms with Crippen LogP contribution in [0.2, 0.25) is 0 Å². The molecule has 2 nitrogen and oxygen atoms in total. The van der Waals surface area contributed by atoms with Crippen molar-refractivity contribution in [2.24, 2.45) is 0 Å². The predicted octanol–water partition coefficient (Wildman–Crippen LogP) is 3.98. The van der Waals surface area contributed by atoms with E-state index in [-0.39, 0.29) is 31.8 Å². The topological polar surface area (TPSA) is 26.3 Å². The van der Waals surface area contributed by atoms with E-state index in [1.54, 1.807) is 0 Å². The summed E-state index contributed by atoms with van der Waals surface area (Å²) in [6, 6.07) is 26.8. The van der Waals surface area contributed by atoms with Crippen molar-refractivity contribution in [2.75, 3.05) is 0 Å². The van der Waals surface area contributed by atoms with E-state index in [1.807, 2.05) is 30.3 Å². The Labute approximate surface area is 154 Å². The van der Waals surface area contributed by atoms with Gasteiger partial charge in [-0.25, -0.2) is 0 Å². The number of rotatable bonds is 4. The predicted molar refractivity (Wildman–Crippen MR) is 100 cm³/mol. The minimum absolute atomic E-state index is 0.150. The Morgan fingerprint density at radius 2 is 1.68 bits per heavy atom. The summed E-state index contributed by atoms with van der Waals surface area (Å²) in [5.41, 5.74) is 4.17. The van der Waals surface area contributed by atoms with Crippen molar-refractivity contribution in [2.45, 2.75) is 17.8 Å². The van der Waals surface area contributed by atoms with Gasteiger partial charge in [-0.3, -0.25) is 0 Å². The van der Waals surface area contributed by atoms with E-state index in [4.69, 9.17) is 4.74 Å². The number of benzene rings is 3. The first-order chi connectivity index (χ1) is 12.2. The monoisotopic (exact) mass is 394 g/mol. The van der Waals surface area contributed by atoms with Crippen LogP contribution >= 0.6 is 0 Å². The number of fused-ring (bicyclic) bond motifs is 1.